The van der Waals surface area contributed by atoms with Crippen molar-refractivity contribution in [1.29, 1.82) is 0 Å². The number of amides is 1. The van der Waals surface area contributed by atoms with Crippen LogP contribution < -0.4 is 5.32 Å². The summed E-state index contributed by atoms with van der Waals surface area (Å²) >= 11 is 0. The summed E-state index contributed by atoms with van der Waals surface area (Å²) in [5, 5.41) is 2.61. The van der Waals surface area contributed by atoms with E-state index in [9.17, 15) is 18.0 Å². The van der Waals surface area contributed by atoms with Gasteiger partial charge in [0.05, 0.1) is 4.90 Å². The van der Waals surface area contributed by atoms with Crippen LogP contribution in [0, 0.1) is 0 Å². The van der Waals surface area contributed by atoms with E-state index in [1.807, 2.05) is 6.92 Å². The maximum absolute atomic E-state index is 12.7. The molecule has 2 rings (SSSR count). The smallest absolute Gasteiger partial charge is 0.331 e. The van der Waals surface area contributed by atoms with E-state index in [0.29, 0.717) is 25.2 Å². The Bertz CT molecular complexity index is 779. The maximum Gasteiger partial charge on any atom is 0.331 e. The zero-order valence-electron chi connectivity index (χ0n) is 16.2. The second-order valence-corrected chi connectivity index (χ2v) is 8.62. The van der Waals surface area contributed by atoms with E-state index >= 15 is 0 Å². The van der Waals surface area contributed by atoms with Crippen molar-refractivity contribution in [2.45, 2.75) is 43.9 Å². The third-order valence-corrected chi connectivity index (χ3v) is 6.33. The summed E-state index contributed by atoms with van der Waals surface area (Å²) in [6.07, 6.45) is 7.44. The number of benzene rings is 1. The Kier molecular flexibility index (Phi) is 8.66. The molecule has 0 bridgehead atoms. The molecule has 1 aliphatic rings. The van der Waals surface area contributed by atoms with Crippen molar-refractivity contribution in [1.82, 2.24) is 9.62 Å². The quantitative estimate of drug-likeness (QED) is 0.526. The normalized spacial score (nSPS) is 15.9. The summed E-state index contributed by atoms with van der Waals surface area (Å²) < 4.78 is 31.9. The molecule has 1 heterocycles. The summed E-state index contributed by atoms with van der Waals surface area (Å²) in [4.78, 5) is 23.3. The number of carbonyl (C=O) groups excluding carboxylic acids is 2. The van der Waals surface area contributed by atoms with Crippen LogP contribution in [0.2, 0.25) is 0 Å². The predicted molar refractivity (Wildman–Crippen MR) is 107 cm³/mol. The molecular formula is C20H28N2O5S. The van der Waals surface area contributed by atoms with Crippen molar-refractivity contribution in [2.75, 3.05) is 26.2 Å². The number of sulfonamides is 1. The van der Waals surface area contributed by atoms with Gasteiger partial charge in [-0.2, -0.15) is 4.31 Å². The second kappa shape index (κ2) is 11.0. The van der Waals surface area contributed by atoms with Gasteiger partial charge in [-0.15, -0.1) is 0 Å². The molecular weight excluding hydrogens is 380 g/mol. The monoisotopic (exact) mass is 408 g/mol. The van der Waals surface area contributed by atoms with Gasteiger partial charge in [-0.05, 0) is 43.0 Å². The van der Waals surface area contributed by atoms with E-state index in [1.54, 1.807) is 28.6 Å². The molecule has 1 aromatic carbocycles. The molecule has 0 spiro atoms. The summed E-state index contributed by atoms with van der Waals surface area (Å²) in [6, 6.07) is 6.37. The zero-order valence-corrected chi connectivity index (χ0v) is 17.0. The fourth-order valence-electron chi connectivity index (χ4n) is 2.85. The molecule has 0 aliphatic carbocycles. The molecule has 0 saturated carbocycles. The van der Waals surface area contributed by atoms with E-state index in [0.717, 1.165) is 32.1 Å². The number of esters is 1. The van der Waals surface area contributed by atoms with Gasteiger partial charge in [0, 0.05) is 25.7 Å². The number of ether oxygens (including phenoxy) is 1. The molecule has 1 aromatic rings. The number of carbonyl (C=O) groups is 2. The van der Waals surface area contributed by atoms with Crippen molar-refractivity contribution >= 4 is 28.0 Å². The number of nitrogens with one attached hydrogen (secondary N) is 1. The number of hydrogen-bond donors (Lipinski definition) is 1. The van der Waals surface area contributed by atoms with Crippen LogP contribution in [0.3, 0.4) is 0 Å². The largest absolute Gasteiger partial charge is 0.452 e. The lowest BCUT2D eigenvalue weighted by Gasteiger charge is -2.19. The average Bonchev–Trinajstić information content (AvgIpc) is 2.99. The van der Waals surface area contributed by atoms with Crippen LogP contribution in [0.5, 0.6) is 0 Å². The van der Waals surface area contributed by atoms with Gasteiger partial charge >= 0.3 is 5.97 Å². The van der Waals surface area contributed by atoms with Gasteiger partial charge < -0.3 is 10.1 Å². The first-order valence-electron chi connectivity index (χ1n) is 9.65. The van der Waals surface area contributed by atoms with Gasteiger partial charge in [-0.1, -0.05) is 31.9 Å². The lowest BCUT2D eigenvalue weighted by Crippen LogP contribution is -2.31. The first kappa shape index (κ1) is 22.1. The lowest BCUT2D eigenvalue weighted by atomic mass is 10.2. The molecule has 0 atom stereocenters. The minimum absolute atomic E-state index is 0.252. The molecule has 28 heavy (non-hydrogen) atoms. The Labute approximate surface area is 166 Å². The first-order valence-corrected chi connectivity index (χ1v) is 11.1. The standard InChI is InChI=1S/C20H28N2O5S/c1-2-13-21-19(23)16-27-20(24)12-9-17-7-10-18(11-8-17)28(25,26)22-14-5-3-4-6-15-22/h7-12H,2-6,13-16H2,1H3,(H,21,23)/b12-9+. The van der Waals surface area contributed by atoms with Crippen LogP contribution in [0.4, 0.5) is 0 Å². The van der Waals surface area contributed by atoms with E-state index < -0.39 is 16.0 Å². The molecule has 0 aromatic heterocycles. The zero-order chi connectivity index (χ0) is 20.4. The molecule has 1 aliphatic heterocycles. The highest BCUT2D eigenvalue weighted by atomic mass is 32.2. The van der Waals surface area contributed by atoms with Crippen molar-refractivity contribution < 1.29 is 22.7 Å². The molecule has 1 N–H and O–H groups in total. The van der Waals surface area contributed by atoms with Crippen molar-refractivity contribution in [3.8, 4) is 0 Å². The summed E-state index contributed by atoms with van der Waals surface area (Å²) in [6.45, 7) is 3.26. The molecule has 154 valence electrons. The van der Waals surface area contributed by atoms with E-state index in [4.69, 9.17) is 4.74 Å². The minimum Gasteiger partial charge on any atom is -0.452 e. The average molecular weight is 409 g/mol. The molecule has 0 radical (unpaired) electrons. The fraction of sp³-hybridized carbons (Fsp3) is 0.500. The SMILES string of the molecule is CCCNC(=O)COC(=O)/C=C/c1ccc(S(=O)(=O)N2CCCCCC2)cc1. The van der Waals surface area contributed by atoms with Gasteiger partial charge in [0.1, 0.15) is 0 Å². The van der Waals surface area contributed by atoms with Crippen LogP contribution in [0.15, 0.2) is 35.2 Å². The Morgan fingerprint density at radius 1 is 1.11 bits per heavy atom. The molecule has 0 unspecified atom stereocenters. The molecule has 1 fully saturated rings. The van der Waals surface area contributed by atoms with Crippen molar-refractivity contribution in [2.24, 2.45) is 0 Å². The van der Waals surface area contributed by atoms with E-state index in [2.05, 4.69) is 5.32 Å². The van der Waals surface area contributed by atoms with Gasteiger partial charge in [-0.25, -0.2) is 13.2 Å². The van der Waals surface area contributed by atoms with Crippen LogP contribution in [0.25, 0.3) is 6.08 Å². The Balaban J connectivity index is 1.91. The molecule has 8 heteroatoms. The number of hydrogen-bond acceptors (Lipinski definition) is 5. The highest BCUT2D eigenvalue weighted by Gasteiger charge is 2.24. The molecule has 7 nitrogen and oxygen atoms in total. The van der Waals surface area contributed by atoms with Crippen molar-refractivity contribution in [3.05, 3.63) is 35.9 Å². The second-order valence-electron chi connectivity index (χ2n) is 6.68. The van der Waals surface area contributed by atoms with Gasteiger partial charge in [0.15, 0.2) is 6.61 Å². The van der Waals surface area contributed by atoms with E-state index in [1.165, 1.54) is 12.2 Å². The lowest BCUT2D eigenvalue weighted by molar-refractivity contribution is -0.143. The summed E-state index contributed by atoms with van der Waals surface area (Å²) in [7, 11) is -3.49. The van der Waals surface area contributed by atoms with Crippen LogP contribution in [-0.4, -0.2) is 50.8 Å². The Morgan fingerprint density at radius 2 is 1.75 bits per heavy atom. The predicted octanol–water partition coefficient (Wildman–Crippen LogP) is 2.33. The van der Waals surface area contributed by atoms with Gasteiger partial charge in [0.25, 0.3) is 5.91 Å². The fourth-order valence-corrected chi connectivity index (χ4v) is 4.36. The Hall–Kier alpha value is -2.19. The maximum atomic E-state index is 12.7. The van der Waals surface area contributed by atoms with Gasteiger partial charge in [0.2, 0.25) is 10.0 Å². The number of rotatable bonds is 8. The highest BCUT2D eigenvalue weighted by molar-refractivity contribution is 7.89. The summed E-state index contributed by atoms with van der Waals surface area (Å²) in [5.41, 5.74) is 0.669. The minimum atomic E-state index is -3.49. The van der Waals surface area contributed by atoms with Crippen LogP contribution >= 0.6 is 0 Å². The topological polar surface area (TPSA) is 92.8 Å². The van der Waals surface area contributed by atoms with Crippen molar-refractivity contribution in [3.63, 3.8) is 0 Å². The van der Waals surface area contributed by atoms with Crippen LogP contribution in [-0.2, 0) is 24.3 Å². The number of nitrogens with zero attached hydrogens (tertiary/aromatic N) is 1. The summed E-state index contributed by atoms with van der Waals surface area (Å²) in [5.74, 6) is -0.973. The molecule has 1 saturated heterocycles. The third kappa shape index (κ3) is 6.76. The first-order chi connectivity index (χ1) is 13.4. The van der Waals surface area contributed by atoms with E-state index in [-0.39, 0.29) is 17.4 Å². The third-order valence-electron chi connectivity index (χ3n) is 4.41. The Morgan fingerprint density at radius 3 is 2.36 bits per heavy atom. The highest BCUT2D eigenvalue weighted by Crippen LogP contribution is 2.20. The van der Waals surface area contributed by atoms with Gasteiger partial charge in [-0.3, -0.25) is 4.79 Å². The molecule has 1 amide bonds. The van der Waals surface area contributed by atoms with Crippen LogP contribution in [0.1, 0.15) is 44.6 Å².